The Bertz CT molecular complexity index is 212. The summed E-state index contributed by atoms with van der Waals surface area (Å²) in [5.74, 6) is 0.221. The Balaban J connectivity index is 0.00000225. The van der Waals surface area contributed by atoms with Crippen LogP contribution in [0.1, 0.15) is 39.0 Å². The van der Waals surface area contributed by atoms with E-state index in [0.29, 0.717) is 13.0 Å². The van der Waals surface area contributed by atoms with Gasteiger partial charge in [-0.05, 0) is 19.8 Å². The van der Waals surface area contributed by atoms with Crippen LogP contribution in [0.25, 0.3) is 0 Å². The summed E-state index contributed by atoms with van der Waals surface area (Å²) >= 11 is 0. The average Bonchev–Trinajstić information content (AvgIpc) is 2.15. The van der Waals surface area contributed by atoms with Crippen molar-refractivity contribution in [3.05, 3.63) is 0 Å². The summed E-state index contributed by atoms with van der Waals surface area (Å²) in [6, 6.07) is -0.0960. The molecule has 0 radical (unpaired) electrons. The van der Waals surface area contributed by atoms with Gasteiger partial charge in [-0.25, -0.2) is 0 Å². The summed E-state index contributed by atoms with van der Waals surface area (Å²) in [6.45, 7) is 2.40. The number of rotatable bonds is 4. The highest BCUT2D eigenvalue weighted by Crippen LogP contribution is 2.23. The second-order valence-corrected chi connectivity index (χ2v) is 4.60. The number of nitrogens with one attached hydrogen (secondary N) is 1. The van der Waals surface area contributed by atoms with Crippen LogP contribution in [0.15, 0.2) is 0 Å². The zero-order valence-electron chi connectivity index (χ0n) is 9.82. The summed E-state index contributed by atoms with van der Waals surface area (Å²) in [6.07, 6.45) is 4.27. The van der Waals surface area contributed by atoms with Crippen LogP contribution in [0.2, 0.25) is 0 Å². The minimum Gasteiger partial charge on any atom is -0.393 e. The van der Waals surface area contributed by atoms with Crippen LogP contribution in [0, 0.1) is 5.92 Å². The molecule has 0 spiro atoms. The highest BCUT2D eigenvalue weighted by atomic mass is 35.5. The van der Waals surface area contributed by atoms with Crippen LogP contribution in [-0.4, -0.2) is 29.7 Å². The first-order valence-electron chi connectivity index (χ1n) is 5.80. The van der Waals surface area contributed by atoms with Crippen LogP contribution in [0.4, 0.5) is 0 Å². The molecule has 1 aliphatic carbocycles. The van der Waals surface area contributed by atoms with Crippen molar-refractivity contribution < 1.29 is 9.90 Å². The molecule has 16 heavy (non-hydrogen) atoms. The van der Waals surface area contributed by atoms with Crippen molar-refractivity contribution >= 4 is 18.3 Å². The number of halogens is 1. The minimum absolute atomic E-state index is 0. The van der Waals surface area contributed by atoms with Crippen molar-refractivity contribution in [3.63, 3.8) is 0 Å². The molecule has 1 aliphatic rings. The topological polar surface area (TPSA) is 75.4 Å². The van der Waals surface area contributed by atoms with Crippen LogP contribution in [-0.2, 0) is 4.79 Å². The quantitative estimate of drug-likeness (QED) is 0.691. The van der Waals surface area contributed by atoms with E-state index in [0.717, 1.165) is 25.7 Å². The highest BCUT2D eigenvalue weighted by molar-refractivity contribution is 5.85. The second kappa shape index (κ2) is 7.87. The maximum atomic E-state index is 11.3. The number of aliphatic hydroxyl groups is 1. The fourth-order valence-electron chi connectivity index (χ4n) is 2.04. The monoisotopic (exact) mass is 250 g/mol. The van der Waals surface area contributed by atoms with Gasteiger partial charge in [0, 0.05) is 24.9 Å². The molecule has 3 atom stereocenters. The maximum Gasteiger partial charge on any atom is 0.221 e. The molecule has 1 saturated carbocycles. The van der Waals surface area contributed by atoms with Gasteiger partial charge in [0.25, 0.3) is 0 Å². The van der Waals surface area contributed by atoms with E-state index in [9.17, 15) is 9.90 Å². The standard InChI is InChI=1S/C11H22N2O2.ClH/c1-8(12)6-11(15)13-7-9-4-2-3-5-10(9)14;/h8-10,14H,2-7,12H2,1H3,(H,13,15);1H. The Morgan fingerprint density at radius 1 is 1.50 bits per heavy atom. The summed E-state index contributed by atoms with van der Waals surface area (Å²) in [5, 5.41) is 12.5. The molecule has 0 bridgehead atoms. The zero-order chi connectivity index (χ0) is 11.3. The molecule has 0 saturated heterocycles. The number of carbonyl (C=O) groups excluding carboxylic acids is 1. The Labute approximate surface area is 103 Å². The third kappa shape index (κ3) is 5.68. The molecule has 0 aromatic carbocycles. The van der Waals surface area contributed by atoms with Gasteiger partial charge in [0.1, 0.15) is 0 Å². The minimum atomic E-state index is -0.241. The fourth-order valence-corrected chi connectivity index (χ4v) is 2.04. The number of amides is 1. The molecule has 1 rings (SSSR count). The fraction of sp³-hybridized carbons (Fsp3) is 0.909. The van der Waals surface area contributed by atoms with Crippen molar-refractivity contribution in [2.24, 2.45) is 11.7 Å². The summed E-state index contributed by atoms with van der Waals surface area (Å²) < 4.78 is 0. The van der Waals surface area contributed by atoms with E-state index in [1.807, 2.05) is 6.92 Å². The van der Waals surface area contributed by atoms with Crippen molar-refractivity contribution in [3.8, 4) is 0 Å². The lowest BCUT2D eigenvalue weighted by atomic mass is 9.86. The molecule has 1 amide bonds. The number of nitrogens with two attached hydrogens (primary N) is 1. The van der Waals surface area contributed by atoms with Crippen molar-refractivity contribution in [2.75, 3.05) is 6.54 Å². The summed E-state index contributed by atoms with van der Waals surface area (Å²) in [5.41, 5.74) is 5.52. The molecule has 1 fully saturated rings. The molecule has 3 unspecified atom stereocenters. The predicted octanol–water partition coefficient (Wildman–Crippen LogP) is 0.813. The van der Waals surface area contributed by atoms with Crippen LogP contribution < -0.4 is 11.1 Å². The van der Waals surface area contributed by atoms with Gasteiger partial charge in [0.15, 0.2) is 0 Å². The van der Waals surface area contributed by atoms with E-state index < -0.39 is 0 Å². The van der Waals surface area contributed by atoms with Gasteiger partial charge in [0.05, 0.1) is 6.10 Å². The zero-order valence-corrected chi connectivity index (χ0v) is 10.6. The molecule has 96 valence electrons. The normalized spacial score (nSPS) is 26.7. The molecule has 4 N–H and O–H groups in total. The third-order valence-corrected chi connectivity index (χ3v) is 2.94. The van der Waals surface area contributed by atoms with E-state index in [1.54, 1.807) is 0 Å². The van der Waals surface area contributed by atoms with E-state index >= 15 is 0 Å². The molecular weight excluding hydrogens is 228 g/mol. The van der Waals surface area contributed by atoms with Crippen molar-refractivity contribution in [1.82, 2.24) is 5.32 Å². The Morgan fingerprint density at radius 3 is 2.69 bits per heavy atom. The van der Waals surface area contributed by atoms with E-state index in [-0.39, 0.29) is 36.4 Å². The largest absolute Gasteiger partial charge is 0.393 e. The lowest BCUT2D eigenvalue weighted by Gasteiger charge is -2.27. The van der Waals surface area contributed by atoms with Gasteiger partial charge in [-0.1, -0.05) is 12.8 Å². The predicted molar refractivity (Wildman–Crippen MR) is 66.5 cm³/mol. The molecular formula is C11H23ClN2O2. The Kier molecular flexibility index (Phi) is 7.72. The lowest BCUT2D eigenvalue weighted by Crippen LogP contribution is -2.38. The first kappa shape index (κ1) is 15.7. The van der Waals surface area contributed by atoms with Crippen LogP contribution >= 0.6 is 12.4 Å². The third-order valence-electron chi connectivity index (χ3n) is 2.94. The Hall–Kier alpha value is -0.320. The summed E-state index contributed by atoms with van der Waals surface area (Å²) in [7, 11) is 0. The molecule has 0 aromatic heterocycles. The molecule has 5 heteroatoms. The molecule has 4 nitrogen and oxygen atoms in total. The highest BCUT2D eigenvalue weighted by Gasteiger charge is 2.23. The van der Waals surface area contributed by atoms with Crippen LogP contribution in [0.3, 0.4) is 0 Å². The van der Waals surface area contributed by atoms with E-state index in [2.05, 4.69) is 5.32 Å². The Morgan fingerprint density at radius 2 is 2.12 bits per heavy atom. The van der Waals surface area contributed by atoms with Crippen LogP contribution in [0.5, 0.6) is 0 Å². The second-order valence-electron chi connectivity index (χ2n) is 4.60. The van der Waals surface area contributed by atoms with Gasteiger partial charge < -0.3 is 16.2 Å². The SMILES string of the molecule is CC(N)CC(=O)NCC1CCCCC1O.Cl. The molecule has 0 aliphatic heterocycles. The number of aliphatic hydroxyl groups excluding tert-OH is 1. The summed E-state index contributed by atoms with van der Waals surface area (Å²) in [4.78, 5) is 11.3. The van der Waals surface area contributed by atoms with Gasteiger partial charge >= 0.3 is 0 Å². The molecule has 0 aromatic rings. The smallest absolute Gasteiger partial charge is 0.221 e. The van der Waals surface area contributed by atoms with Gasteiger partial charge in [-0.3, -0.25) is 4.79 Å². The number of hydrogen-bond acceptors (Lipinski definition) is 3. The maximum absolute atomic E-state index is 11.3. The van der Waals surface area contributed by atoms with Gasteiger partial charge in [-0.2, -0.15) is 0 Å². The number of carbonyl (C=O) groups is 1. The van der Waals surface area contributed by atoms with Gasteiger partial charge in [-0.15, -0.1) is 12.4 Å². The van der Waals surface area contributed by atoms with Gasteiger partial charge in [0.2, 0.25) is 5.91 Å². The first-order valence-corrected chi connectivity index (χ1v) is 5.80. The lowest BCUT2D eigenvalue weighted by molar-refractivity contribution is -0.121. The average molecular weight is 251 g/mol. The number of hydrogen-bond donors (Lipinski definition) is 3. The molecule has 0 heterocycles. The first-order chi connectivity index (χ1) is 7.09. The van der Waals surface area contributed by atoms with Crippen molar-refractivity contribution in [2.45, 2.75) is 51.2 Å². The van der Waals surface area contributed by atoms with Crippen molar-refractivity contribution in [1.29, 1.82) is 0 Å². The van der Waals surface area contributed by atoms with E-state index in [4.69, 9.17) is 5.73 Å². The van der Waals surface area contributed by atoms with E-state index in [1.165, 1.54) is 0 Å².